The summed E-state index contributed by atoms with van der Waals surface area (Å²) in [5.41, 5.74) is 4.29. The van der Waals surface area contributed by atoms with Gasteiger partial charge in [0.1, 0.15) is 5.82 Å². The molecule has 1 aliphatic carbocycles. The monoisotopic (exact) mass is 298 g/mol. The van der Waals surface area contributed by atoms with Gasteiger partial charge >= 0.3 is 0 Å². The van der Waals surface area contributed by atoms with Crippen molar-refractivity contribution >= 4 is 11.4 Å². The molecule has 0 bridgehead atoms. The quantitative estimate of drug-likeness (QED) is 0.835. The molecule has 1 fully saturated rings. The minimum Gasteiger partial charge on any atom is -0.381 e. The molecule has 0 spiro atoms. The third-order valence-electron chi connectivity index (χ3n) is 5.81. The van der Waals surface area contributed by atoms with Crippen LogP contribution in [0.25, 0.3) is 0 Å². The largest absolute Gasteiger partial charge is 0.381 e. The van der Waals surface area contributed by atoms with E-state index < -0.39 is 0 Å². The predicted molar refractivity (Wildman–Crippen MR) is 91.4 cm³/mol. The number of anilines is 2. The first-order valence-electron chi connectivity index (χ1n) is 8.58. The molecule has 2 heterocycles. The van der Waals surface area contributed by atoms with Crippen molar-refractivity contribution in [1.29, 1.82) is 0 Å². The van der Waals surface area contributed by atoms with Crippen molar-refractivity contribution in [3.63, 3.8) is 0 Å². The molecule has 3 nitrogen and oxygen atoms in total. The molecule has 3 heteroatoms. The van der Waals surface area contributed by atoms with E-state index in [-0.39, 0.29) is 0 Å². The predicted octanol–water partition coefficient (Wildman–Crippen LogP) is 4.11. The highest BCUT2D eigenvalue weighted by atomic mass is 16.5. The van der Waals surface area contributed by atoms with E-state index in [1.54, 1.807) is 0 Å². The van der Waals surface area contributed by atoms with Crippen molar-refractivity contribution in [2.45, 2.75) is 44.6 Å². The number of ether oxygens (including phenoxy) is 1. The average Bonchev–Trinajstić information content (AvgIpc) is 3.09. The van der Waals surface area contributed by atoms with Crippen molar-refractivity contribution in [2.75, 3.05) is 30.0 Å². The number of methoxy groups -OCH3 is 1. The average molecular weight is 298 g/mol. The zero-order valence-corrected chi connectivity index (χ0v) is 13.7. The number of nitrogens with zero attached hydrogens (tertiary/aromatic N) is 2. The summed E-state index contributed by atoms with van der Waals surface area (Å²) in [5, 5.41) is 0. The fourth-order valence-electron chi connectivity index (χ4n) is 4.46. The molecule has 1 aromatic rings. The Bertz CT molecular complexity index is 597. The normalized spacial score (nSPS) is 30.1. The third-order valence-corrected chi connectivity index (χ3v) is 5.81. The van der Waals surface area contributed by atoms with Crippen molar-refractivity contribution in [3.05, 3.63) is 36.2 Å². The van der Waals surface area contributed by atoms with Gasteiger partial charge in [-0.05, 0) is 49.1 Å². The molecule has 0 N–H and O–H groups in total. The number of hydrogen-bond donors (Lipinski definition) is 0. The van der Waals surface area contributed by atoms with E-state index in [0.29, 0.717) is 12.0 Å². The van der Waals surface area contributed by atoms with Crippen LogP contribution in [-0.4, -0.2) is 26.3 Å². The van der Waals surface area contributed by atoms with Gasteiger partial charge < -0.3 is 14.5 Å². The van der Waals surface area contributed by atoms with Gasteiger partial charge in [0.25, 0.3) is 0 Å². The van der Waals surface area contributed by atoms with Crippen LogP contribution in [0.1, 0.15) is 44.1 Å². The van der Waals surface area contributed by atoms with Gasteiger partial charge in [-0.1, -0.05) is 25.6 Å². The molecule has 118 valence electrons. The molecule has 22 heavy (non-hydrogen) atoms. The fourth-order valence-corrected chi connectivity index (χ4v) is 4.46. The van der Waals surface area contributed by atoms with Crippen LogP contribution in [0.2, 0.25) is 0 Å². The van der Waals surface area contributed by atoms with Gasteiger partial charge in [0.15, 0.2) is 0 Å². The van der Waals surface area contributed by atoms with Crippen molar-refractivity contribution < 1.29 is 4.74 Å². The Kier molecular flexibility index (Phi) is 3.41. The molecule has 1 saturated carbocycles. The van der Waals surface area contributed by atoms with Crippen LogP contribution in [-0.2, 0) is 4.74 Å². The van der Waals surface area contributed by atoms with Crippen LogP contribution in [0.5, 0.6) is 0 Å². The molecule has 0 amide bonds. The van der Waals surface area contributed by atoms with Crippen LogP contribution in [0.3, 0.4) is 0 Å². The van der Waals surface area contributed by atoms with Crippen LogP contribution >= 0.6 is 0 Å². The Morgan fingerprint density at radius 2 is 2.14 bits per heavy atom. The zero-order chi connectivity index (χ0) is 15.3. The second-order valence-electron chi connectivity index (χ2n) is 7.12. The Balaban J connectivity index is 1.62. The minimum absolute atomic E-state index is 0.457. The van der Waals surface area contributed by atoms with Gasteiger partial charge in [-0.15, -0.1) is 0 Å². The van der Waals surface area contributed by atoms with Gasteiger partial charge in [0.2, 0.25) is 0 Å². The van der Waals surface area contributed by atoms with Crippen LogP contribution in [0, 0.1) is 5.92 Å². The molecule has 0 saturated heterocycles. The molecule has 3 aliphatic rings. The molecule has 4 rings (SSSR count). The summed E-state index contributed by atoms with van der Waals surface area (Å²) in [4.78, 5) is 4.90. The molecule has 3 unspecified atom stereocenters. The minimum atomic E-state index is 0.457. The van der Waals surface area contributed by atoms with Crippen molar-refractivity contribution in [2.24, 2.45) is 5.92 Å². The van der Waals surface area contributed by atoms with Gasteiger partial charge in [-0.3, -0.25) is 0 Å². The highest BCUT2D eigenvalue weighted by Gasteiger charge is 2.37. The molecule has 2 aliphatic heterocycles. The van der Waals surface area contributed by atoms with E-state index in [9.17, 15) is 0 Å². The van der Waals surface area contributed by atoms with Crippen LogP contribution in [0.15, 0.2) is 30.6 Å². The van der Waals surface area contributed by atoms with Gasteiger partial charge in [-0.2, -0.15) is 0 Å². The second kappa shape index (κ2) is 5.31. The van der Waals surface area contributed by atoms with Gasteiger partial charge in [0, 0.05) is 20.2 Å². The smallest absolute Gasteiger partial charge is 0.106 e. The highest BCUT2D eigenvalue weighted by Crippen LogP contribution is 2.49. The maximum Gasteiger partial charge on any atom is 0.106 e. The third kappa shape index (κ3) is 2.06. The summed E-state index contributed by atoms with van der Waals surface area (Å²) in [7, 11) is 1.84. The summed E-state index contributed by atoms with van der Waals surface area (Å²) in [6.07, 6.45) is 5.34. The molecular formula is C19H26N2O. The van der Waals surface area contributed by atoms with E-state index in [2.05, 4.69) is 41.5 Å². The molecule has 0 aromatic heterocycles. The van der Waals surface area contributed by atoms with Crippen LogP contribution in [0.4, 0.5) is 11.4 Å². The number of para-hydroxylation sites is 1. The highest BCUT2D eigenvalue weighted by molar-refractivity contribution is 5.86. The Labute approximate surface area is 133 Å². The zero-order valence-electron chi connectivity index (χ0n) is 13.7. The number of rotatable bonds is 3. The second-order valence-corrected chi connectivity index (χ2v) is 7.12. The summed E-state index contributed by atoms with van der Waals surface area (Å²) in [6, 6.07) is 6.78. The van der Waals surface area contributed by atoms with Crippen LogP contribution < -0.4 is 9.80 Å². The van der Waals surface area contributed by atoms with Crippen molar-refractivity contribution in [1.82, 2.24) is 0 Å². The first-order chi connectivity index (χ1) is 10.7. The SMILES string of the molecule is C=C1N(CC2CCC(OC)C2)c2cccc3c2N1CCC3C. The number of benzene rings is 1. The Hall–Kier alpha value is -1.48. The van der Waals surface area contributed by atoms with Gasteiger partial charge in [-0.25, -0.2) is 0 Å². The van der Waals surface area contributed by atoms with E-state index in [0.717, 1.165) is 19.0 Å². The van der Waals surface area contributed by atoms with E-state index in [4.69, 9.17) is 4.74 Å². The molecule has 0 radical (unpaired) electrons. The standard InChI is InChI=1S/C19H26N2O/c1-13-9-10-20-14(2)21(12-15-7-8-16(11-15)22-3)18-6-4-5-17(13)19(18)20/h4-6,13,15-16H,2,7-12H2,1,3H3. The summed E-state index contributed by atoms with van der Waals surface area (Å²) >= 11 is 0. The lowest BCUT2D eigenvalue weighted by molar-refractivity contribution is 0.106. The lowest BCUT2D eigenvalue weighted by Gasteiger charge is -2.31. The Morgan fingerprint density at radius 3 is 2.91 bits per heavy atom. The lowest BCUT2D eigenvalue weighted by atomic mass is 9.91. The fraction of sp³-hybridized carbons (Fsp3) is 0.579. The van der Waals surface area contributed by atoms with Crippen molar-refractivity contribution in [3.8, 4) is 0 Å². The first-order valence-corrected chi connectivity index (χ1v) is 8.58. The maximum absolute atomic E-state index is 5.54. The number of hydrogen-bond acceptors (Lipinski definition) is 3. The summed E-state index contributed by atoms with van der Waals surface area (Å²) in [5.74, 6) is 2.55. The molecular weight excluding hydrogens is 272 g/mol. The summed E-state index contributed by atoms with van der Waals surface area (Å²) < 4.78 is 5.54. The maximum atomic E-state index is 5.54. The van der Waals surface area contributed by atoms with E-state index >= 15 is 0 Å². The van der Waals surface area contributed by atoms with E-state index in [1.807, 2.05) is 7.11 Å². The first kappa shape index (κ1) is 14.1. The molecule has 1 aromatic carbocycles. The van der Waals surface area contributed by atoms with Gasteiger partial charge in [0.05, 0.1) is 17.5 Å². The summed E-state index contributed by atoms with van der Waals surface area (Å²) in [6.45, 7) is 8.94. The molecule has 3 atom stereocenters. The topological polar surface area (TPSA) is 15.7 Å². The Morgan fingerprint density at radius 1 is 1.27 bits per heavy atom. The lowest BCUT2D eigenvalue weighted by Crippen LogP contribution is -2.33. The van der Waals surface area contributed by atoms with E-state index in [1.165, 1.54) is 48.4 Å².